The zero-order chi connectivity index (χ0) is 10.7. The van der Waals surface area contributed by atoms with Crippen LogP contribution in [-0.4, -0.2) is 25.5 Å². The molecule has 1 aromatic rings. The normalized spacial score (nSPS) is 20.1. The predicted molar refractivity (Wildman–Crippen MR) is 65.8 cm³/mol. The van der Waals surface area contributed by atoms with Crippen LogP contribution in [0, 0.1) is 5.92 Å². The molecule has 0 saturated carbocycles. The van der Waals surface area contributed by atoms with Gasteiger partial charge in [-0.1, -0.05) is 36.4 Å². The molecule has 1 aliphatic carbocycles. The van der Waals surface area contributed by atoms with Crippen LogP contribution < -0.4 is 0 Å². The minimum absolute atomic E-state index is 0.701. The SMILES string of the molecule is CN(C)CC1C=Cc2ccccc2CC1. The molecule has 1 heteroatoms. The molecule has 1 unspecified atom stereocenters. The van der Waals surface area contributed by atoms with E-state index < -0.39 is 0 Å². The fourth-order valence-corrected chi connectivity index (χ4v) is 2.22. The Morgan fingerprint density at radius 2 is 2.07 bits per heavy atom. The second kappa shape index (κ2) is 4.63. The third-order valence-electron chi connectivity index (χ3n) is 2.99. The van der Waals surface area contributed by atoms with Gasteiger partial charge in [0.15, 0.2) is 0 Å². The first-order valence-corrected chi connectivity index (χ1v) is 5.66. The lowest BCUT2D eigenvalue weighted by atomic mass is 10.0. The molecule has 2 rings (SSSR count). The van der Waals surface area contributed by atoms with E-state index >= 15 is 0 Å². The number of hydrogen-bond donors (Lipinski definition) is 0. The molecule has 80 valence electrons. The van der Waals surface area contributed by atoms with Gasteiger partial charge in [-0.3, -0.25) is 0 Å². The lowest BCUT2D eigenvalue weighted by Gasteiger charge is -2.16. The Hall–Kier alpha value is -1.08. The van der Waals surface area contributed by atoms with E-state index in [9.17, 15) is 0 Å². The van der Waals surface area contributed by atoms with Crippen LogP contribution in [0.5, 0.6) is 0 Å². The Morgan fingerprint density at radius 3 is 2.87 bits per heavy atom. The van der Waals surface area contributed by atoms with Crippen LogP contribution >= 0.6 is 0 Å². The Bertz CT molecular complexity index is 352. The van der Waals surface area contributed by atoms with E-state index in [4.69, 9.17) is 0 Å². The highest BCUT2D eigenvalue weighted by Gasteiger charge is 2.11. The molecule has 1 atom stereocenters. The third-order valence-corrected chi connectivity index (χ3v) is 2.99. The van der Waals surface area contributed by atoms with Crippen molar-refractivity contribution in [2.45, 2.75) is 12.8 Å². The molecule has 0 saturated heterocycles. The maximum Gasteiger partial charge on any atom is 0.00385 e. The van der Waals surface area contributed by atoms with Crippen LogP contribution in [-0.2, 0) is 6.42 Å². The minimum atomic E-state index is 0.701. The number of hydrogen-bond acceptors (Lipinski definition) is 1. The number of benzene rings is 1. The van der Waals surface area contributed by atoms with Gasteiger partial charge < -0.3 is 4.90 Å². The lowest BCUT2D eigenvalue weighted by Crippen LogP contribution is -2.20. The average molecular weight is 201 g/mol. The minimum Gasteiger partial charge on any atom is -0.309 e. The van der Waals surface area contributed by atoms with Gasteiger partial charge in [0.2, 0.25) is 0 Å². The number of fused-ring (bicyclic) bond motifs is 1. The molecule has 0 fully saturated rings. The molecular weight excluding hydrogens is 182 g/mol. The van der Waals surface area contributed by atoms with Gasteiger partial charge in [-0.15, -0.1) is 0 Å². The van der Waals surface area contributed by atoms with E-state index in [0.717, 1.165) is 6.54 Å². The molecule has 1 nitrogen and oxygen atoms in total. The van der Waals surface area contributed by atoms with E-state index in [1.165, 1.54) is 24.0 Å². The van der Waals surface area contributed by atoms with Gasteiger partial charge in [-0.25, -0.2) is 0 Å². The summed E-state index contributed by atoms with van der Waals surface area (Å²) in [4.78, 5) is 2.27. The summed E-state index contributed by atoms with van der Waals surface area (Å²) in [7, 11) is 4.29. The van der Waals surface area contributed by atoms with Crippen LogP contribution in [0.4, 0.5) is 0 Å². The highest BCUT2D eigenvalue weighted by molar-refractivity contribution is 5.55. The second-order valence-corrected chi connectivity index (χ2v) is 4.62. The van der Waals surface area contributed by atoms with Crippen LogP contribution in [0.25, 0.3) is 6.08 Å². The molecular formula is C14H19N. The standard InChI is InChI=1S/C14H19N/c1-15(2)11-12-7-9-13-5-3-4-6-14(13)10-8-12/h3-7,9,12H,8,10-11H2,1-2H3. The van der Waals surface area contributed by atoms with Crippen molar-refractivity contribution in [2.24, 2.45) is 5.92 Å². The highest BCUT2D eigenvalue weighted by Crippen LogP contribution is 2.22. The summed E-state index contributed by atoms with van der Waals surface area (Å²) in [5.74, 6) is 0.701. The largest absolute Gasteiger partial charge is 0.309 e. The molecule has 0 radical (unpaired) electrons. The van der Waals surface area contributed by atoms with E-state index in [1.54, 1.807) is 0 Å². The predicted octanol–water partition coefficient (Wildman–Crippen LogP) is 2.82. The van der Waals surface area contributed by atoms with Gasteiger partial charge in [-0.2, -0.15) is 0 Å². The molecule has 0 amide bonds. The maximum atomic E-state index is 2.37. The molecule has 0 aliphatic heterocycles. The van der Waals surface area contributed by atoms with Crippen molar-refractivity contribution in [3.8, 4) is 0 Å². The zero-order valence-electron chi connectivity index (χ0n) is 9.61. The van der Waals surface area contributed by atoms with Gasteiger partial charge in [-0.05, 0) is 44.0 Å². The smallest absolute Gasteiger partial charge is 0.00385 e. The van der Waals surface area contributed by atoms with Crippen molar-refractivity contribution >= 4 is 6.08 Å². The van der Waals surface area contributed by atoms with Crippen LogP contribution in [0.1, 0.15) is 17.5 Å². The lowest BCUT2D eigenvalue weighted by molar-refractivity contribution is 0.350. The number of nitrogens with zero attached hydrogens (tertiary/aromatic N) is 1. The molecule has 0 N–H and O–H groups in total. The van der Waals surface area contributed by atoms with E-state index in [0.29, 0.717) is 5.92 Å². The summed E-state index contributed by atoms with van der Waals surface area (Å²) in [6, 6.07) is 8.72. The highest BCUT2D eigenvalue weighted by atomic mass is 15.1. The Labute approximate surface area is 92.4 Å². The molecule has 1 aromatic carbocycles. The van der Waals surface area contributed by atoms with Gasteiger partial charge in [0.05, 0.1) is 0 Å². The third kappa shape index (κ3) is 2.69. The zero-order valence-corrected chi connectivity index (χ0v) is 9.61. The quantitative estimate of drug-likeness (QED) is 0.711. The van der Waals surface area contributed by atoms with Crippen molar-refractivity contribution in [1.82, 2.24) is 4.90 Å². The fourth-order valence-electron chi connectivity index (χ4n) is 2.22. The van der Waals surface area contributed by atoms with Crippen molar-refractivity contribution in [3.63, 3.8) is 0 Å². The fraction of sp³-hybridized carbons (Fsp3) is 0.429. The van der Waals surface area contributed by atoms with Crippen LogP contribution in [0.3, 0.4) is 0 Å². The Morgan fingerprint density at radius 1 is 1.27 bits per heavy atom. The molecule has 0 aromatic heterocycles. The summed E-state index contributed by atoms with van der Waals surface area (Å²) in [6.45, 7) is 1.16. The monoisotopic (exact) mass is 201 g/mol. The number of rotatable bonds is 2. The summed E-state index contributed by atoms with van der Waals surface area (Å²) in [5, 5.41) is 0. The average Bonchev–Trinajstić information content (AvgIpc) is 2.41. The van der Waals surface area contributed by atoms with Gasteiger partial charge in [0.25, 0.3) is 0 Å². The second-order valence-electron chi connectivity index (χ2n) is 4.62. The van der Waals surface area contributed by atoms with E-state index in [2.05, 4.69) is 55.4 Å². The summed E-state index contributed by atoms with van der Waals surface area (Å²) < 4.78 is 0. The van der Waals surface area contributed by atoms with Crippen molar-refractivity contribution in [1.29, 1.82) is 0 Å². The molecule has 0 bridgehead atoms. The first-order valence-electron chi connectivity index (χ1n) is 5.66. The van der Waals surface area contributed by atoms with E-state index in [-0.39, 0.29) is 0 Å². The molecule has 0 spiro atoms. The summed E-state index contributed by atoms with van der Waals surface area (Å²) >= 11 is 0. The summed E-state index contributed by atoms with van der Waals surface area (Å²) in [6.07, 6.45) is 7.13. The van der Waals surface area contributed by atoms with Crippen LogP contribution in [0.2, 0.25) is 0 Å². The van der Waals surface area contributed by atoms with Gasteiger partial charge in [0, 0.05) is 6.54 Å². The van der Waals surface area contributed by atoms with Crippen molar-refractivity contribution in [2.75, 3.05) is 20.6 Å². The first-order chi connectivity index (χ1) is 7.25. The molecule has 15 heavy (non-hydrogen) atoms. The van der Waals surface area contributed by atoms with Crippen molar-refractivity contribution in [3.05, 3.63) is 41.5 Å². The van der Waals surface area contributed by atoms with Crippen molar-refractivity contribution < 1.29 is 0 Å². The summed E-state index contributed by atoms with van der Waals surface area (Å²) in [5.41, 5.74) is 2.90. The Kier molecular flexibility index (Phi) is 3.22. The molecule has 1 aliphatic rings. The van der Waals surface area contributed by atoms with Gasteiger partial charge >= 0.3 is 0 Å². The van der Waals surface area contributed by atoms with Crippen LogP contribution in [0.15, 0.2) is 30.3 Å². The Balaban J connectivity index is 2.12. The topological polar surface area (TPSA) is 3.24 Å². The van der Waals surface area contributed by atoms with Gasteiger partial charge in [0.1, 0.15) is 0 Å². The van der Waals surface area contributed by atoms with E-state index in [1.807, 2.05) is 0 Å². The maximum absolute atomic E-state index is 2.37. The first kappa shape index (κ1) is 10.4. The molecule has 0 heterocycles. The number of aryl methyl sites for hydroxylation is 1.